The van der Waals surface area contributed by atoms with Gasteiger partial charge < -0.3 is 15.1 Å². The predicted octanol–water partition coefficient (Wildman–Crippen LogP) is 0.326. The van der Waals surface area contributed by atoms with Gasteiger partial charge in [0.05, 0.1) is 6.04 Å². The summed E-state index contributed by atoms with van der Waals surface area (Å²) >= 11 is 0. The molecule has 0 aromatic rings. The molecule has 0 bridgehead atoms. The number of carbonyl (C=O) groups excluding carboxylic acids is 1. The molecule has 1 aliphatic heterocycles. The molecule has 1 unspecified atom stereocenters. The topological polar surface area (TPSA) is 38.8 Å². The average Bonchev–Trinajstić information content (AvgIpc) is 2.42. The minimum absolute atomic E-state index is 0.00184. The van der Waals surface area contributed by atoms with Crippen molar-refractivity contribution in [3.63, 3.8) is 0 Å². The lowest BCUT2D eigenvalue weighted by atomic mass is 10.1. The van der Waals surface area contributed by atoms with Crippen LogP contribution in [0.4, 0.5) is 0 Å². The Hall–Kier alpha value is -0.650. The third-order valence-corrected chi connectivity index (χ3v) is 3.77. The van der Waals surface area contributed by atoms with E-state index in [0.29, 0.717) is 5.92 Å². The number of likely N-dealkylation sites (N-methyl/N-ethyl adjacent to an activating group) is 1. The molecule has 0 spiro atoms. The molecule has 1 rings (SSSR count). The summed E-state index contributed by atoms with van der Waals surface area (Å²) in [5, 5.41) is 3.34. The summed E-state index contributed by atoms with van der Waals surface area (Å²) in [6.45, 7) is 12.9. The number of hydrogen-bond acceptors (Lipinski definition) is 4. The van der Waals surface area contributed by atoms with Crippen LogP contribution in [0.2, 0.25) is 0 Å². The smallest absolute Gasteiger partial charge is 0.239 e. The number of rotatable bonds is 7. The van der Waals surface area contributed by atoms with Gasteiger partial charge in [0.15, 0.2) is 0 Å². The Morgan fingerprint density at radius 2 is 1.75 bits per heavy atom. The maximum absolute atomic E-state index is 12.7. The Balaban J connectivity index is 2.59. The van der Waals surface area contributed by atoms with Gasteiger partial charge in [-0.3, -0.25) is 9.69 Å². The molecule has 0 aliphatic carbocycles. The van der Waals surface area contributed by atoms with Crippen molar-refractivity contribution < 1.29 is 4.79 Å². The number of hydrogen-bond donors (Lipinski definition) is 1. The Morgan fingerprint density at radius 3 is 2.25 bits per heavy atom. The molecule has 0 radical (unpaired) electrons. The van der Waals surface area contributed by atoms with Crippen LogP contribution in [0.25, 0.3) is 0 Å². The van der Waals surface area contributed by atoms with Crippen molar-refractivity contribution in [2.45, 2.75) is 26.8 Å². The monoisotopic (exact) mass is 284 g/mol. The molecule has 1 atom stereocenters. The summed E-state index contributed by atoms with van der Waals surface area (Å²) in [5.41, 5.74) is 0. The first-order chi connectivity index (χ1) is 9.41. The zero-order valence-corrected chi connectivity index (χ0v) is 13.9. The van der Waals surface area contributed by atoms with Gasteiger partial charge in [0, 0.05) is 45.8 Å². The molecular weight excluding hydrogens is 252 g/mol. The molecule has 1 saturated heterocycles. The lowest BCUT2D eigenvalue weighted by Crippen LogP contribution is -2.54. The van der Waals surface area contributed by atoms with E-state index in [-0.39, 0.29) is 11.9 Å². The van der Waals surface area contributed by atoms with Gasteiger partial charge in [-0.25, -0.2) is 0 Å². The molecule has 5 nitrogen and oxygen atoms in total. The van der Waals surface area contributed by atoms with E-state index in [2.05, 4.69) is 50.0 Å². The molecule has 0 saturated carbocycles. The van der Waals surface area contributed by atoms with Gasteiger partial charge in [-0.05, 0) is 26.9 Å². The highest BCUT2D eigenvalue weighted by Gasteiger charge is 2.27. The van der Waals surface area contributed by atoms with Crippen molar-refractivity contribution in [3.8, 4) is 0 Å². The molecule has 0 aromatic heterocycles. The highest BCUT2D eigenvalue weighted by molar-refractivity contribution is 5.81. The minimum Gasteiger partial charge on any atom is -0.340 e. The summed E-state index contributed by atoms with van der Waals surface area (Å²) in [6.07, 6.45) is 0. The van der Waals surface area contributed by atoms with Crippen LogP contribution in [-0.4, -0.2) is 86.6 Å². The van der Waals surface area contributed by atoms with E-state index in [0.717, 1.165) is 45.8 Å². The van der Waals surface area contributed by atoms with Crippen LogP contribution in [0, 0.1) is 5.92 Å². The van der Waals surface area contributed by atoms with Crippen LogP contribution in [0.5, 0.6) is 0 Å². The average molecular weight is 284 g/mol. The second-order valence-electron chi connectivity index (χ2n) is 6.44. The van der Waals surface area contributed by atoms with Gasteiger partial charge in [-0.2, -0.15) is 0 Å². The van der Waals surface area contributed by atoms with Crippen molar-refractivity contribution in [1.29, 1.82) is 0 Å². The van der Waals surface area contributed by atoms with Crippen LogP contribution in [0.3, 0.4) is 0 Å². The van der Waals surface area contributed by atoms with Crippen molar-refractivity contribution in [2.24, 2.45) is 5.92 Å². The standard InChI is InChI=1S/C15H32N4O/c1-13(2)12-19(11-10-17(4)5)15(20)14(3)18-8-6-16-7-9-18/h13-14,16H,6-12H2,1-5H3. The van der Waals surface area contributed by atoms with Crippen LogP contribution < -0.4 is 5.32 Å². The molecule has 20 heavy (non-hydrogen) atoms. The zero-order valence-electron chi connectivity index (χ0n) is 13.9. The first kappa shape index (κ1) is 17.4. The van der Waals surface area contributed by atoms with Crippen LogP contribution in [-0.2, 0) is 4.79 Å². The van der Waals surface area contributed by atoms with Gasteiger partial charge >= 0.3 is 0 Å². The van der Waals surface area contributed by atoms with E-state index in [1.807, 2.05) is 4.90 Å². The Labute approximate surface area is 124 Å². The molecule has 1 heterocycles. The molecule has 1 fully saturated rings. The largest absolute Gasteiger partial charge is 0.340 e. The van der Waals surface area contributed by atoms with E-state index >= 15 is 0 Å². The first-order valence-electron chi connectivity index (χ1n) is 7.80. The van der Waals surface area contributed by atoms with Crippen LogP contribution in [0.1, 0.15) is 20.8 Å². The third kappa shape index (κ3) is 5.77. The van der Waals surface area contributed by atoms with Crippen molar-refractivity contribution >= 4 is 5.91 Å². The maximum Gasteiger partial charge on any atom is 0.239 e. The summed E-state index contributed by atoms with van der Waals surface area (Å²) in [7, 11) is 4.11. The summed E-state index contributed by atoms with van der Waals surface area (Å²) < 4.78 is 0. The Morgan fingerprint density at radius 1 is 1.15 bits per heavy atom. The maximum atomic E-state index is 12.7. The predicted molar refractivity (Wildman–Crippen MR) is 83.9 cm³/mol. The van der Waals surface area contributed by atoms with Crippen molar-refractivity contribution in [2.75, 3.05) is 59.9 Å². The van der Waals surface area contributed by atoms with E-state index in [1.165, 1.54) is 0 Å². The molecular formula is C15H32N4O. The van der Waals surface area contributed by atoms with Crippen LogP contribution in [0.15, 0.2) is 0 Å². The van der Waals surface area contributed by atoms with Gasteiger partial charge in [-0.15, -0.1) is 0 Å². The fraction of sp³-hybridized carbons (Fsp3) is 0.933. The second-order valence-corrected chi connectivity index (χ2v) is 6.44. The third-order valence-electron chi connectivity index (χ3n) is 3.77. The zero-order chi connectivity index (χ0) is 15.1. The first-order valence-corrected chi connectivity index (χ1v) is 7.80. The number of piperazine rings is 1. The summed E-state index contributed by atoms with van der Waals surface area (Å²) in [4.78, 5) is 19.2. The van der Waals surface area contributed by atoms with E-state index in [1.54, 1.807) is 0 Å². The second kappa shape index (κ2) is 8.60. The van der Waals surface area contributed by atoms with Gasteiger partial charge in [0.2, 0.25) is 5.91 Å². The van der Waals surface area contributed by atoms with Crippen molar-refractivity contribution in [3.05, 3.63) is 0 Å². The van der Waals surface area contributed by atoms with Crippen molar-refractivity contribution in [1.82, 2.24) is 20.0 Å². The molecule has 1 aliphatic rings. The lowest BCUT2D eigenvalue weighted by Gasteiger charge is -2.36. The Bertz CT molecular complexity index is 288. The van der Waals surface area contributed by atoms with E-state index < -0.39 is 0 Å². The SMILES string of the molecule is CC(C)CN(CCN(C)C)C(=O)C(C)N1CCNCC1. The minimum atomic E-state index is -0.00184. The highest BCUT2D eigenvalue weighted by Crippen LogP contribution is 2.08. The van der Waals surface area contributed by atoms with Gasteiger partial charge in [0.1, 0.15) is 0 Å². The summed E-state index contributed by atoms with van der Waals surface area (Å²) in [6, 6.07) is -0.00184. The molecule has 0 aromatic carbocycles. The van der Waals surface area contributed by atoms with Gasteiger partial charge in [0.25, 0.3) is 0 Å². The number of carbonyl (C=O) groups is 1. The normalized spacial score (nSPS) is 18.6. The highest BCUT2D eigenvalue weighted by atomic mass is 16.2. The number of amides is 1. The quantitative estimate of drug-likeness (QED) is 0.731. The summed E-state index contributed by atoms with van der Waals surface area (Å²) in [5.74, 6) is 0.791. The van der Waals surface area contributed by atoms with Gasteiger partial charge in [-0.1, -0.05) is 13.8 Å². The van der Waals surface area contributed by atoms with Crippen LogP contribution >= 0.6 is 0 Å². The molecule has 5 heteroatoms. The van der Waals surface area contributed by atoms with E-state index in [4.69, 9.17) is 0 Å². The fourth-order valence-corrected chi connectivity index (χ4v) is 2.54. The van der Waals surface area contributed by atoms with E-state index in [9.17, 15) is 4.79 Å². The molecule has 1 amide bonds. The number of nitrogens with zero attached hydrogens (tertiary/aromatic N) is 3. The molecule has 118 valence electrons. The fourth-order valence-electron chi connectivity index (χ4n) is 2.54. The molecule has 1 N–H and O–H groups in total. The lowest BCUT2D eigenvalue weighted by molar-refractivity contribution is -0.137. The Kier molecular flexibility index (Phi) is 7.48. The number of nitrogens with one attached hydrogen (secondary N) is 1.